The first kappa shape index (κ1) is 19.0. The van der Waals surface area contributed by atoms with Crippen molar-refractivity contribution in [3.05, 3.63) is 11.6 Å². The molecule has 1 N–H and O–H groups in total. The molecule has 4 aliphatic carbocycles. The summed E-state index contributed by atoms with van der Waals surface area (Å²) in [5.41, 5.74) is 2.19. The Hall–Kier alpha value is -0.300. The van der Waals surface area contributed by atoms with E-state index in [-0.39, 0.29) is 11.5 Å². The zero-order valence-corrected chi connectivity index (χ0v) is 17.9. The summed E-state index contributed by atoms with van der Waals surface area (Å²) in [6.07, 6.45) is 14.4. The number of rotatable bonds is 3. The number of aliphatic hydroxyl groups is 1. The van der Waals surface area contributed by atoms with Crippen LogP contribution < -0.4 is 0 Å². The second kappa shape index (κ2) is 6.64. The molecule has 0 aliphatic heterocycles. The molecule has 9 atom stereocenters. The molecule has 0 bridgehead atoms. The summed E-state index contributed by atoms with van der Waals surface area (Å²) in [6, 6.07) is 0. The zero-order valence-electron chi connectivity index (χ0n) is 17.9. The van der Waals surface area contributed by atoms with Gasteiger partial charge in [-0.1, -0.05) is 59.1 Å². The third kappa shape index (κ3) is 2.59. The van der Waals surface area contributed by atoms with Crippen molar-refractivity contribution in [2.45, 2.75) is 98.5 Å². The van der Waals surface area contributed by atoms with E-state index in [9.17, 15) is 5.11 Å². The largest absolute Gasteiger partial charge is 0.388 e. The SMILES string of the molecule is CCC[C@@H](C)[C@H]1CC[C@H]2[C@@H]3CC[C@@H]4C[C@H](C)CC[C@]4(C)C3=CC(O)[C@]12C. The van der Waals surface area contributed by atoms with Crippen molar-refractivity contribution in [1.29, 1.82) is 0 Å². The summed E-state index contributed by atoms with van der Waals surface area (Å²) in [5, 5.41) is 11.4. The third-order valence-corrected chi connectivity index (χ3v) is 9.91. The Bertz CT molecular complexity index is 565. The normalized spacial score (nSPS) is 51.8. The van der Waals surface area contributed by atoms with Gasteiger partial charge in [-0.3, -0.25) is 0 Å². The van der Waals surface area contributed by atoms with E-state index in [0.717, 1.165) is 29.6 Å². The Morgan fingerprint density at radius 1 is 1.15 bits per heavy atom. The van der Waals surface area contributed by atoms with Crippen LogP contribution in [0.15, 0.2) is 11.6 Å². The van der Waals surface area contributed by atoms with Gasteiger partial charge in [0.15, 0.2) is 0 Å². The van der Waals surface area contributed by atoms with Crippen molar-refractivity contribution in [3.63, 3.8) is 0 Å². The van der Waals surface area contributed by atoms with Crippen molar-refractivity contribution in [2.75, 3.05) is 0 Å². The average Bonchev–Trinajstić information content (AvgIpc) is 2.96. The fourth-order valence-corrected chi connectivity index (χ4v) is 8.36. The van der Waals surface area contributed by atoms with E-state index >= 15 is 0 Å². The molecule has 0 aromatic rings. The van der Waals surface area contributed by atoms with Gasteiger partial charge in [0.1, 0.15) is 0 Å². The van der Waals surface area contributed by atoms with Crippen LogP contribution in [0.4, 0.5) is 0 Å². The molecule has 1 nitrogen and oxygen atoms in total. The monoisotopic (exact) mass is 358 g/mol. The van der Waals surface area contributed by atoms with Crippen LogP contribution >= 0.6 is 0 Å². The first-order valence-corrected chi connectivity index (χ1v) is 11.7. The van der Waals surface area contributed by atoms with Crippen LogP contribution in [0.3, 0.4) is 0 Å². The fraction of sp³-hybridized carbons (Fsp3) is 0.920. The van der Waals surface area contributed by atoms with E-state index in [4.69, 9.17) is 0 Å². The number of aliphatic hydroxyl groups excluding tert-OH is 1. The maximum atomic E-state index is 11.4. The number of hydrogen-bond acceptors (Lipinski definition) is 1. The van der Waals surface area contributed by atoms with Gasteiger partial charge in [-0.05, 0) is 85.9 Å². The molecule has 148 valence electrons. The maximum absolute atomic E-state index is 11.4. The maximum Gasteiger partial charge on any atom is 0.0782 e. The molecule has 1 heteroatoms. The van der Waals surface area contributed by atoms with Gasteiger partial charge < -0.3 is 5.11 Å². The first-order valence-electron chi connectivity index (χ1n) is 11.7. The summed E-state index contributed by atoms with van der Waals surface area (Å²) >= 11 is 0. The van der Waals surface area contributed by atoms with Gasteiger partial charge in [0.25, 0.3) is 0 Å². The van der Waals surface area contributed by atoms with E-state index in [0.29, 0.717) is 11.3 Å². The van der Waals surface area contributed by atoms with E-state index in [1.54, 1.807) is 5.57 Å². The van der Waals surface area contributed by atoms with Crippen LogP contribution in [0.1, 0.15) is 92.4 Å². The zero-order chi connectivity index (χ0) is 18.7. The minimum Gasteiger partial charge on any atom is -0.388 e. The van der Waals surface area contributed by atoms with Crippen LogP contribution in [0.25, 0.3) is 0 Å². The predicted octanol–water partition coefficient (Wildman–Crippen LogP) is 6.61. The van der Waals surface area contributed by atoms with Gasteiger partial charge in [-0.2, -0.15) is 0 Å². The highest BCUT2D eigenvalue weighted by Gasteiger charge is 2.60. The topological polar surface area (TPSA) is 20.2 Å². The molecule has 0 spiro atoms. The molecule has 0 amide bonds. The van der Waals surface area contributed by atoms with Crippen LogP contribution in [-0.2, 0) is 0 Å². The van der Waals surface area contributed by atoms with Gasteiger partial charge in [0.05, 0.1) is 6.10 Å². The highest BCUT2D eigenvalue weighted by atomic mass is 16.3. The van der Waals surface area contributed by atoms with E-state index in [1.165, 1.54) is 57.8 Å². The molecule has 26 heavy (non-hydrogen) atoms. The molecule has 3 fully saturated rings. The highest BCUT2D eigenvalue weighted by molar-refractivity contribution is 5.31. The number of allylic oxidation sites excluding steroid dienone is 1. The fourth-order valence-electron chi connectivity index (χ4n) is 8.36. The lowest BCUT2D eigenvalue weighted by atomic mass is 9.47. The Kier molecular flexibility index (Phi) is 4.86. The average molecular weight is 359 g/mol. The van der Waals surface area contributed by atoms with Gasteiger partial charge in [0, 0.05) is 5.41 Å². The van der Waals surface area contributed by atoms with Crippen molar-refractivity contribution >= 4 is 0 Å². The van der Waals surface area contributed by atoms with Crippen molar-refractivity contribution in [2.24, 2.45) is 46.3 Å². The van der Waals surface area contributed by atoms with E-state index in [2.05, 4.69) is 40.7 Å². The third-order valence-electron chi connectivity index (χ3n) is 9.91. The van der Waals surface area contributed by atoms with Crippen LogP contribution in [0.5, 0.6) is 0 Å². The molecule has 0 radical (unpaired) electrons. The molecule has 1 unspecified atom stereocenters. The molecular formula is C25H42O. The standard InChI is InChI=1S/C25H42O/c1-6-7-17(3)20-10-11-21-19-9-8-18-14-16(2)12-13-24(18,4)22(19)15-23(26)25(20,21)5/h15-21,23,26H,6-14H2,1-5H3/t16-,17-,18-,19+,20-,21+,23?,24+,25-/m1/s1. The minimum atomic E-state index is -0.222. The summed E-state index contributed by atoms with van der Waals surface area (Å²) in [6.45, 7) is 12.2. The molecule has 0 heterocycles. The molecule has 0 aromatic carbocycles. The summed E-state index contributed by atoms with van der Waals surface area (Å²) in [7, 11) is 0. The predicted molar refractivity (Wildman–Crippen MR) is 110 cm³/mol. The molecule has 0 saturated heterocycles. The van der Waals surface area contributed by atoms with Gasteiger partial charge >= 0.3 is 0 Å². The molecule has 4 aliphatic rings. The lowest BCUT2D eigenvalue weighted by molar-refractivity contribution is -0.0573. The second-order valence-corrected chi connectivity index (χ2v) is 11.2. The molecular weight excluding hydrogens is 316 g/mol. The summed E-state index contributed by atoms with van der Waals surface area (Å²) < 4.78 is 0. The smallest absolute Gasteiger partial charge is 0.0782 e. The Morgan fingerprint density at radius 3 is 2.65 bits per heavy atom. The number of fused-ring (bicyclic) bond motifs is 5. The van der Waals surface area contributed by atoms with E-state index in [1.807, 2.05) is 0 Å². The number of hydrogen-bond donors (Lipinski definition) is 1. The Labute approximate surface area is 162 Å². The van der Waals surface area contributed by atoms with Crippen molar-refractivity contribution < 1.29 is 5.11 Å². The minimum absolute atomic E-state index is 0.119. The lowest BCUT2D eigenvalue weighted by Gasteiger charge is -2.58. The second-order valence-electron chi connectivity index (χ2n) is 11.2. The summed E-state index contributed by atoms with van der Waals surface area (Å²) in [4.78, 5) is 0. The van der Waals surface area contributed by atoms with Crippen LogP contribution in [0, 0.1) is 46.3 Å². The molecule has 0 aromatic heterocycles. The summed E-state index contributed by atoms with van der Waals surface area (Å²) in [5.74, 6) is 4.70. The van der Waals surface area contributed by atoms with Crippen LogP contribution in [-0.4, -0.2) is 11.2 Å². The quantitative estimate of drug-likeness (QED) is 0.563. The first-order chi connectivity index (χ1) is 12.3. The molecule has 4 rings (SSSR count). The molecule has 3 saturated carbocycles. The van der Waals surface area contributed by atoms with E-state index < -0.39 is 0 Å². The highest BCUT2D eigenvalue weighted by Crippen LogP contribution is 2.66. The Balaban J connectivity index is 1.68. The van der Waals surface area contributed by atoms with Gasteiger partial charge in [-0.25, -0.2) is 0 Å². The van der Waals surface area contributed by atoms with Crippen molar-refractivity contribution in [3.8, 4) is 0 Å². The van der Waals surface area contributed by atoms with Crippen LogP contribution in [0.2, 0.25) is 0 Å². The lowest BCUT2D eigenvalue weighted by Crippen LogP contribution is -2.53. The van der Waals surface area contributed by atoms with Crippen molar-refractivity contribution in [1.82, 2.24) is 0 Å². The van der Waals surface area contributed by atoms with Gasteiger partial charge in [0.2, 0.25) is 0 Å². The van der Waals surface area contributed by atoms with Gasteiger partial charge in [-0.15, -0.1) is 0 Å². The Morgan fingerprint density at radius 2 is 1.92 bits per heavy atom.